The Bertz CT molecular complexity index is 411. The molecule has 0 aromatic rings. The van der Waals surface area contributed by atoms with E-state index < -0.39 is 12.0 Å². The lowest BCUT2D eigenvalue weighted by Gasteiger charge is -2.23. The van der Waals surface area contributed by atoms with Crippen molar-refractivity contribution in [2.45, 2.75) is 38.2 Å². The monoisotopic (exact) mass is 272 g/mol. The minimum absolute atomic E-state index is 0.0198. The number of likely N-dealkylation sites (N-methyl/N-ethyl adjacent to an activating group) is 1. The molecule has 0 radical (unpaired) electrons. The zero-order valence-corrected chi connectivity index (χ0v) is 10.9. The number of alkyl halides is 2. The Hall–Kier alpha value is -1.04. The summed E-state index contributed by atoms with van der Waals surface area (Å²) >= 11 is 0. The summed E-state index contributed by atoms with van der Waals surface area (Å²) in [6.45, 7) is 3.23. The Morgan fingerprint density at radius 2 is 1.79 bits per heavy atom. The van der Waals surface area contributed by atoms with Crippen molar-refractivity contribution in [3.8, 4) is 0 Å². The van der Waals surface area contributed by atoms with Gasteiger partial charge in [-0.15, -0.1) is 0 Å². The van der Waals surface area contributed by atoms with Gasteiger partial charge in [0.15, 0.2) is 0 Å². The quantitative estimate of drug-likeness (QED) is 0.707. The van der Waals surface area contributed by atoms with E-state index in [1.807, 2.05) is 4.90 Å². The number of carbonyl (C=O) groups excluding carboxylic acids is 2. The molecule has 0 N–H and O–H groups in total. The highest BCUT2D eigenvalue weighted by atomic mass is 19.3. The molecule has 6 heteroatoms. The van der Waals surface area contributed by atoms with E-state index in [0.29, 0.717) is 19.6 Å². The highest BCUT2D eigenvalue weighted by Gasteiger charge is 2.53. The number of amides is 2. The van der Waals surface area contributed by atoms with Crippen molar-refractivity contribution >= 4 is 11.8 Å². The first-order valence-corrected chi connectivity index (χ1v) is 6.87. The van der Waals surface area contributed by atoms with Crippen LogP contribution in [0.3, 0.4) is 0 Å². The molecule has 19 heavy (non-hydrogen) atoms. The molecule has 3 fully saturated rings. The van der Waals surface area contributed by atoms with Crippen molar-refractivity contribution in [3.05, 3.63) is 0 Å². The lowest BCUT2D eigenvalue weighted by atomic mass is 10.0. The fraction of sp³-hybridized carbons (Fsp3) is 0.846. The molecule has 1 saturated carbocycles. The van der Waals surface area contributed by atoms with E-state index in [9.17, 15) is 18.4 Å². The van der Waals surface area contributed by atoms with Crippen LogP contribution in [-0.4, -0.2) is 53.2 Å². The molecule has 0 bridgehead atoms. The smallest absolute Gasteiger partial charge is 0.248 e. The summed E-state index contributed by atoms with van der Waals surface area (Å²) in [5.74, 6) is -2.87. The van der Waals surface area contributed by atoms with Crippen LogP contribution in [0.4, 0.5) is 8.78 Å². The van der Waals surface area contributed by atoms with Crippen molar-refractivity contribution < 1.29 is 18.4 Å². The van der Waals surface area contributed by atoms with Gasteiger partial charge in [0.1, 0.15) is 0 Å². The molecule has 2 aliphatic heterocycles. The van der Waals surface area contributed by atoms with Gasteiger partial charge in [0.05, 0.1) is 12.5 Å². The third-order valence-electron chi connectivity index (χ3n) is 4.70. The van der Waals surface area contributed by atoms with E-state index >= 15 is 0 Å². The van der Waals surface area contributed by atoms with Crippen LogP contribution in [0.2, 0.25) is 0 Å². The van der Waals surface area contributed by atoms with Gasteiger partial charge >= 0.3 is 0 Å². The number of fused-ring (bicyclic) bond motifs is 1. The van der Waals surface area contributed by atoms with E-state index in [1.165, 1.54) is 4.90 Å². The van der Waals surface area contributed by atoms with E-state index in [2.05, 4.69) is 0 Å². The van der Waals surface area contributed by atoms with Crippen LogP contribution >= 0.6 is 0 Å². The van der Waals surface area contributed by atoms with Gasteiger partial charge < -0.3 is 0 Å². The Kier molecular flexibility index (Phi) is 2.89. The molecule has 1 unspecified atom stereocenters. The van der Waals surface area contributed by atoms with Crippen molar-refractivity contribution in [1.82, 2.24) is 9.80 Å². The summed E-state index contributed by atoms with van der Waals surface area (Å²) < 4.78 is 26.6. The van der Waals surface area contributed by atoms with Crippen molar-refractivity contribution in [1.29, 1.82) is 0 Å². The molecule has 3 aliphatic rings. The lowest BCUT2D eigenvalue weighted by molar-refractivity contribution is -0.139. The van der Waals surface area contributed by atoms with E-state index in [0.717, 1.165) is 0 Å². The fourth-order valence-electron chi connectivity index (χ4n) is 3.83. The Morgan fingerprint density at radius 3 is 2.26 bits per heavy atom. The summed E-state index contributed by atoms with van der Waals surface area (Å²) in [6, 6.07) is -0.410. The van der Waals surface area contributed by atoms with Crippen LogP contribution in [0.5, 0.6) is 0 Å². The largest absolute Gasteiger partial charge is 0.291 e. The van der Waals surface area contributed by atoms with Crippen LogP contribution < -0.4 is 0 Å². The van der Waals surface area contributed by atoms with Gasteiger partial charge in [-0.1, -0.05) is 0 Å². The van der Waals surface area contributed by atoms with Crippen LogP contribution in [0, 0.1) is 11.8 Å². The molecule has 2 heterocycles. The summed E-state index contributed by atoms with van der Waals surface area (Å²) in [5, 5.41) is 0. The van der Waals surface area contributed by atoms with Gasteiger partial charge in [-0.25, -0.2) is 8.78 Å². The lowest BCUT2D eigenvalue weighted by Crippen LogP contribution is -2.41. The number of imide groups is 1. The number of likely N-dealkylation sites (tertiary alicyclic amines) is 2. The van der Waals surface area contributed by atoms with Gasteiger partial charge in [0.2, 0.25) is 17.7 Å². The van der Waals surface area contributed by atoms with Gasteiger partial charge in [-0.3, -0.25) is 19.4 Å². The summed E-state index contributed by atoms with van der Waals surface area (Å²) in [4.78, 5) is 27.0. The number of nitrogens with zero attached hydrogens (tertiary/aromatic N) is 2. The average molecular weight is 272 g/mol. The average Bonchev–Trinajstić information content (AvgIpc) is 2.87. The third-order valence-corrected chi connectivity index (χ3v) is 4.70. The van der Waals surface area contributed by atoms with Crippen LogP contribution in [-0.2, 0) is 9.59 Å². The molecule has 2 saturated heterocycles. The predicted octanol–water partition coefficient (Wildman–Crippen LogP) is 1.11. The maximum Gasteiger partial charge on any atom is 0.248 e. The molecule has 2 amide bonds. The third kappa shape index (κ3) is 2.06. The predicted molar refractivity (Wildman–Crippen MR) is 63.5 cm³/mol. The summed E-state index contributed by atoms with van der Waals surface area (Å²) in [6.07, 6.45) is 0.0730. The normalized spacial score (nSPS) is 38.3. The number of carbonyl (C=O) groups is 2. The zero-order chi connectivity index (χ0) is 13.8. The SMILES string of the molecule is CCN1C(=O)CC(N2C[C@@H]3CC(F)(F)C[C@@H]3C2)C1=O. The van der Waals surface area contributed by atoms with Crippen molar-refractivity contribution in [2.75, 3.05) is 19.6 Å². The Labute approximate surface area is 110 Å². The second-order valence-electron chi connectivity index (χ2n) is 5.93. The highest BCUT2D eigenvalue weighted by Crippen LogP contribution is 2.47. The Balaban J connectivity index is 1.68. The molecule has 1 aliphatic carbocycles. The number of hydrogen-bond donors (Lipinski definition) is 0. The van der Waals surface area contributed by atoms with Crippen molar-refractivity contribution in [3.63, 3.8) is 0 Å². The maximum atomic E-state index is 13.3. The molecule has 0 aromatic heterocycles. The topological polar surface area (TPSA) is 40.6 Å². The van der Waals surface area contributed by atoms with Crippen LogP contribution in [0.15, 0.2) is 0 Å². The molecular formula is C13H18F2N2O2. The first-order valence-electron chi connectivity index (χ1n) is 6.87. The summed E-state index contributed by atoms with van der Waals surface area (Å²) in [5.41, 5.74) is 0. The first-order chi connectivity index (χ1) is 8.91. The molecule has 0 aromatic carbocycles. The number of hydrogen-bond acceptors (Lipinski definition) is 3. The molecular weight excluding hydrogens is 254 g/mol. The standard InChI is InChI=1S/C13H18F2N2O2/c1-2-17-11(18)3-10(12(17)19)16-6-8-4-13(14,15)5-9(8)7-16/h8-10H,2-7H2,1H3/t8-,9+,10?. The molecule has 3 rings (SSSR count). The fourth-order valence-corrected chi connectivity index (χ4v) is 3.83. The second kappa shape index (κ2) is 4.23. The minimum Gasteiger partial charge on any atom is -0.291 e. The van der Waals surface area contributed by atoms with E-state index in [4.69, 9.17) is 0 Å². The molecule has 106 valence electrons. The molecule has 4 nitrogen and oxygen atoms in total. The number of halogens is 2. The molecule has 0 spiro atoms. The minimum atomic E-state index is -2.54. The van der Waals surface area contributed by atoms with Gasteiger partial charge in [-0.2, -0.15) is 0 Å². The van der Waals surface area contributed by atoms with Gasteiger partial charge in [0.25, 0.3) is 0 Å². The van der Waals surface area contributed by atoms with Gasteiger partial charge in [-0.05, 0) is 18.8 Å². The van der Waals surface area contributed by atoms with E-state index in [-0.39, 0.29) is 42.9 Å². The highest BCUT2D eigenvalue weighted by molar-refractivity contribution is 6.05. The van der Waals surface area contributed by atoms with Crippen molar-refractivity contribution in [2.24, 2.45) is 11.8 Å². The maximum absolute atomic E-state index is 13.3. The van der Waals surface area contributed by atoms with Crippen LogP contribution in [0.25, 0.3) is 0 Å². The molecule has 3 atom stereocenters. The summed E-state index contributed by atoms with van der Waals surface area (Å²) in [7, 11) is 0. The first kappa shape index (κ1) is 13.0. The Morgan fingerprint density at radius 1 is 1.21 bits per heavy atom. The zero-order valence-electron chi connectivity index (χ0n) is 10.9. The van der Waals surface area contributed by atoms with Crippen LogP contribution in [0.1, 0.15) is 26.2 Å². The van der Waals surface area contributed by atoms with E-state index in [1.54, 1.807) is 6.92 Å². The second-order valence-corrected chi connectivity index (χ2v) is 5.93. The number of rotatable bonds is 2. The van der Waals surface area contributed by atoms with Gasteiger partial charge in [0, 0.05) is 32.5 Å².